The number of rotatable bonds is 7. The van der Waals surface area contributed by atoms with Crippen LogP contribution in [0.5, 0.6) is 11.5 Å². The van der Waals surface area contributed by atoms with E-state index in [1.165, 1.54) is 6.07 Å². The minimum absolute atomic E-state index is 0. The number of benzene rings is 3. The molecule has 0 saturated heterocycles. The SMILES string of the molecule is C.NCC(=O)Nc1cccc(CCc2cc(-c3ccnn3-c3ccccc3Cl)c(O)cc2O)c1. The van der Waals surface area contributed by atoms with Crippen LogP contribution < -0.4 is 11.1 Å². The van der Waals surface area contributed by atoms with Gasteiger partial charge in [-0.3, -0.25) is 4.79 Å². The highest BCUT2D eigenvalue weighted by atomic mass is 35.5. The van der Waals surface area contributed by atoms with Gasteiger partial charge in [-0.05, 0) is 60.4 Å². The van der Waals surface area contributed by atoms with Gasteiger partial charge in [-0.25, -0.2) is 4.68 Å². The molecule has 0 saturated carbocycles. The van der Waals surface area contributed by atoms with Gasteiger partial charge >= 0.3 is 0 Å². The number of aromatic nitrogens is 2. The molecular weight excluding hydrogens is 452 g/mol. The molecule has 34 heavy (non-hydrogen) atoms. The first kappa shape index (κ1) is 24.8. The number of hydrogen-bond donors (Lipinski definition) is 4. The molecule has 0 atom stereocenters. The van der Waals surface area contributed by atoms with E-state index in [-0.39, 0.29) is 31.4 Å². The number of nitrogens with one attached hydrogen (secondary N) is 1. The molecule has 0 radical (unpaired) electrons. The normalized spacial score (nSPS) is 10.5. The number of halogens is 1. The molecule has 5 N–H and O–H groups in total. The van der Waals surface area contributed by atoms with Crippen LogP contribution in [-0.4, -0.2) is 32.4 Å². The van der Waals surface area contributed by atoms with E-state index >= 15 is 0 Å². The van der Waals surface area contributed by atoms with Crippen molar-refractivity contribution in [3.05, 3.63) is 89.1 Å². The summed E-state index contributed by atoms with van der Waals surface area (Å²) in [4.78, 5) is 11.5. The fraction of sp³-hybridized carbons (Fsp3) is 0.154. The van der Waals surface area contributed by atoms with Crippen LogP contribution in [0.2, 0.25) is 5.02 Å². The van der Waals surface area contributed by atoms with Gasteiger partial charge in [0.2, 0.25) is 5.91 Å². The molecule has 3 aromatic carbocycles. The lowest BCUT2D eigenvalue weighted by molar-refractivity contribution is -0.114. The number of carbonyl (C=O) groups excluding carboxylic acids is 1. The van der Waals surface area contributed by atoms with Crippen LogP contribution in [0.4, 0.5) is 5.69 Å². The number of carbonyl (C=O) groups is 1. The van der Waals surface area contributed by atoms with Crippen LogP contribution in [-0.2, 0) is 17.6 Å². The van der Waals surface area contributed by atoms with Crippen molar-refractivity contribution in [2.75, 3.05) is 11.9 Å². The Labute approximate surface area is 203 Å². The lowest BCUT2D eigenvalue weighted by atomic mass is 9.99. The zero-order valence-electron chi connectivity index (χ0n) is 17.7. The molecule has 7 nitrogen and oxygen atoms in total. The predicted octanol–water partition coefficient (Wildman–Crippen LogP) is 4.92. The zero-order chi connectivity index (χ0) is 23.4. The van der Waals surface area contributed by atoms with E-state index in [9.17, 15) is 15.0 Å². The summed E-state index contributed by atoms with van der Waals surface area (Å²) in [5.41, 5.74) is 9.55. The number of anilines is 1. The maximum atomic E-state index is 11.5. The van der Waals surface area contributed by atoms with Crippen molar-refractivity contribution in [2.24, 2.45) is 5.73 Å². The Hall–Kier alpha value is -3.81. The van der Waals surface area contributed by atoms with Crippen molar-refractivity contribution in [2.45, 2.75) is 20.3 Å². The highest BCUT2D eigenvalue weighted by Gasteiger charge is 2.16. The quantitative estimate of drug-likeness (QED) is 0.301. The Morgan fingerprint density at radius 1 is 1.00 bits per heavy atom. The standard InChI is InChI=1S/C25H23ClN4O3.CH4/c26-20-6-1-2-7-22(20)30-21(10-11-28-30)19-13-17(23(31)14-24(19)32)9-8-16-4-3-5-18(12-16)29-25(33)15-27;/h1-7,10-14,31-32H,8-9,15,27H2,(H,29,33);1H4. The number of hydrogen-bond acceptors (Lipinski definition) is 5. The van der Waals surface area contributed by atoms with Crippen LogP contribution in [0.25, 0.3) is 16.9 Å². The van der Waals surface area contributed by atoms with Crippen LogP contribution in [0.1, 0.15) is 18.6 Å². The van der Waals surface area contributed by atoms with E-state index in [4.69, 9.17) is 17.3 Å². The van der Waals surface area contributed by atoms with Gasteiger partial charge in [-0.1, -0.05) is 43.3 Å². The van der Waals surface area contributed by atoms with Gasteiger partial charge in [0.05, 0.1) is 29.1 Å². The molecule has 0 bridgehead atoms. The second-order valence-corrected chi connectivity index (χ2v) is 7.94. The zero-order valence-corrected chi connectivity index (χ0v) is 18.5. The first-order chi connectivity index (χ1) is 16.0. The number of nitrogens with zero attached hydrogens (tertiary/aromatic N) is 2. The minimum atomic E-state index is -0.261. The number of phenolic OH excluding ortho intramolecular Hbond substituents is 2. The molecule has 4 rings (SSSR count). The van der Waals surface area contributed by atoms with Crippen LogP contribution in [0, 0.1) is 0 Å². The van der Waals surface area contributed by atoms with Gasteiger partial charge in [0.15, 0.2) is 0 Å². The van der Waals surface area contributed by atoms with Crippen molar-refractivity contribution in [1.82, 2.24) is 9.78 Å². The average molecular weight is 479 g/mol. The molecular formula is C26H27ClN4O3. The molecule has 1 aromatic heterocycles. The van der Waals surface area contributed by atoms with Gasteiger partial charge in [-0.15, -0.1) is 0 Å². The molecule has 0 unspecified atom stereocenters. The number of nitrogens with two attached hydrogens (primary N) is 1. The minimum Gasteiger partial charge on any atom is -0.508 e. The van der Waals surface area contributed by atoms with Crippen molar-refractivity contribution in [3.8, 4) is 28.4 Å². The second kappa shape index (κ2) is 10.9. The summed E-state index contributed by atoms with van der Waals surface area (Å²) in [6.45, 7) is -0.0842. The first-order valence-electron chi connectivity index (χ1n) is 10.4. The van der Waals surface area contributed by atoms with Gasteiger partial charge in [0.25, 0.3) is 0 Å². The van der Waals surface area contributed by atoms with E-state index in [0.717, 1.165) is 5.56 Å². The Morgan fingerprint density at radius 3 is 2.56 bits per heavy atom. The van der Waals surface area contributed by atoms with Crippen LogP contribution in [0.3, 0.4) is 0 Å². The molecule has 0 aliphatic rings. The lowest BCUT2D eigenvalue weighted by Crippen LogP contribution is -2.21. The molecule has 1 amide bonds. The molecule has 0 aliphatic carbocycles. The first-order valence-corrected chi connectivity index (χ1v) is 10.8. The van der Waals surface area contributed by atoms with Crippen molar-refractivity contribution < 1.29 is 15.0 Å². The second-order valence-electron chi connectivity index (χ2n) is 7.53. The van der Waals surface area contributed by atoms with Gasteiger partial charge < -0.3 is 21.3 Å². The third-order valence-electron chi connectivity index (χ3n) is 5.28. The monoisotopic (exact) mass is 478 g/mol. The summed E-state index contributed by atoms with van der Waals surface area (Å²) < 4.78 is 1.65. The van der Waals surface area contributed by atoms with Gasteiger partial charge in [0.1, 0.15) is 11.5 Å². The third-order valence-corrected chi connectivity index (χ3v) is 5.60. The van der Waals surface area contributed by atoms with Crippen molar-refractivity contribution in [3.63, 3.8) is 0 Å². The van der Waals surface area contributed by atoms with Gasteiger partial charge in [-0.2, -0.15) is 5.10 Å². The summed E-state index contributed by atoms with van der Waals surface area (Å²) in [7, 11) is 0. The maximum Gasteiger partial charge on any atom is 0.238 e. The Balaban J connectivity index is 0.00000324. The highest BCUT2D eigenvalue weighted by molar-refractivity contribution is 6.32. The summed E-state index contributed by atoms with van der Waals surface area (Å²) in [6, 6.07) is 19.7. The Kier molecular flexibility index (Phi) is 7.94. The average Bonchev–Trinajstić information content (AvgIpc) is 3.28. The summed E-state index contributed by atoms with van der Waals surface area (Å²) >= 11 is 6.35. The fourth-order valence-electron chi connectivity index (χ4n) is 3.65. The third kappa shape index (κ3) is 5.39. The van der Waals surface area contributed by atoms with E-state index in [2.05, 4.69) is 10.4 Å². The van der Waals surface area contributed by atoms with Crippen LogP contribution in [0.15, 0.2) is 72.9 Å². The van der Waals surface area contributed by atoms with Crippen LogP contribution >= 0.6 is 11.6 Å². The molecule has 8 heteroatoms. The number of aryl methyl sites for hydroxylation is 2. The number of aromatic hydroxyl groups is 2. The lowest BCUT2D eigenvalue weighted by Gasteiger charge is -2.13. The number of amides is 1. The number of phenols is 2. The molecule has 0 fully saturated rings. The molecule has 1 heterocycles. The smallest absolute Gasteiger partial charge is 0.238 e. The van der Waals surface area contributed by atoms with E-state index < -0.39 is 0 Å². The van der Waals surface area contributed by atoms with E-state index in [1.807, 2.05) is 36.4 Å². The fourth-order valence-corrected chi connectivity index (χ4v) is 3.86. The van der Waals surface area contributed by atoms with Crippen molar-refractivity contribution in [1.29, 1.82) is 0 Å². The molecule has 176 valence electrons. The molecule has 0 spiro atoms. The van der Waals surface area contributed by atoms with E-state index in [0.29, 0.717) is 46.1 Å². The highest BCUT2D eigenvalue weighted by Crippen LogP contribution is 2.37. The molecule has 4 aromatic rings. The van der Waals surface area contributed by atoms with Gasteiger partial charge in [0, 0.05) is 17.3 Å². The summed E-state index contributed by atoms with van der Waals surface area (Å²) in [6.07, 6.45) is 2.77. The summed E-state index contributed by atoms with van der Waals surface area (Å²) in [5, 5.41) is 28.7. The number of para-hydroxylation sites is 1. The largest absolute Gasteiger partial charge is 0.508 e. The molecule has 0 aliphatic heterocycles. The summed E-state index contributed by atoms with van der Waals surface area (Å²) in [5.74, 6) is -0.313. The van der Waals surface area contributed by atoms with Crippen molar-refractivity contribution >= 4 is 23.2 Å². The van der Waals surface area contributed by atoms with E-state index in [1.54, 1.807) is 35.1 Å². The predicted molar refractivity (Wildman–Crippen MR) is 136 cm³/mol. The topological polar surface area (TPSA) is 113 Å². The Bertz CT molecular complexity index is 1300. The maximum absolute atomic E-state index is 11.5. The Morgan fingerprint density at radius 2 is 1.79 bits per heavy atom.